The lowest BCUT2D eigenvalue weighted by Crippen LogP contribution is -2.41. The predicted molar refractivity (Wildman–Crippen MR) is 114 cm³/mol. The van der Waals surface area contributed by atoms with Gasteiger partial charge in [0.1, 0.15) is 12.2 Å². The molecule has 2 amide bonds. The fourth-order valence-electron chi connectivity index (χ4n) is 4.20. The Morgan fingerprint density at radius 1 is 1.03 bits per heavy atom. The molecule has 2 aliphatic rings. The minimum absolute atomic E-state index is 0.0413. The predicted octanol–water partition coefficient (Wildman–Crippen LogP) is 4.53. The van der Waals surface area contributed by atoms with E-state index in [0.29, 0.717) is 26.1 Å². The van der Waals surface area contributed by atoms with Crippen molar-refractivity contribution in [2.45, 2.75) is 44.8 Å². The van der Waals surface area contributed by atoms with E-state index in [4.69, 9.17) is 9.47 Å². The molecule has 1 aliphatic heterocycles. The van der Waals surface area contributed by atoms with E-state index in [2.05, 4.69) is 29.6 Å². The lowest BCUT2D eigenvalue weighted by Gasteiger charge is -2.22. The van der Waals surface area contributed by atoms with E-state index < -0.39 is 11.7 Å². The molecule has 30 heavy (non-hydrogen) atoms. The maximum absolute atomic E-state index is 12.6. The molecule has 0 aromatic heterocycles. The first-order valence-electron chi connectivity index (χ1n) is 10.4. The molecule has 1 heterocycles. The van der Waals surface area contributed by atoms with E-state index in [1.807, 2.05) is 45.0 Å². The van der Waals surface area contributed by atoms with Crippen molar-refractivity contribution in [3.8, 4) is 11.1 Å². The molecule has 2 aromatic rings. The Bertz CT molecular complexity index is 905. The highest BCUT2D eigenvalue weighted by atomic mass is 16.6. The molecule has 1 atom stereocenters. The van der Waals surface area contributed by atoms with E-state index in [1.165, 1.54) is 22.3 Å². The first kappa shape index (κ1) is 20.3. The zero-order valence-electron chi connectivity index (χ0n) is 17.7. The zero-order chi connectivity index (χ0) is 21.3. The summed E-state index contributed by atoms with van der Waals surface area (Å²) in [5.41, 5.74) is 4.25. The van der Waals surface area contributed by atoms with Gasteiger partial charge in [0.25, 0.3) is 0 Å². The summed E-state index contributed by atoms with van der Waals surface area (Å²) in [7, 11) is 0. The molecule has 158 valence electrons. The molecular weight excluding hydrogens is 380 g/mol. The first-order valence-corrected chi connectivity index (χ1v) is 10.4. The molecule has 1 fully saturated rings. The summed E-state index contributed by atoms with van der Waals surface area (Å²) in [5.74, 6) is 0.0413. The van der Waals surface area contributed by atoms with E-state index in [0.717, 1.165) is 0 Å². The summed E-state index contributed by atoms with van der Waals surface area (Å²) in [4.78, 5) is 26.3. The number of hydrogen-bond acceptors (Lipinski definition) is 4. The third-order valence-electron chi connectivity index (χ3n) is 5.50. The van der Waals surface area contributed by atoms with Crippen LogP contribution in [0.3, 0.4) is 0 Å². The lowest BCUT2D eigenvalue weighted by molar-refractivity contribution is 0.0503. The molecule has 0 bridgehead atoms. The number of ether oxygens (including phenoxy) is 2. The van der Waals surface area contributed by atoms with Gasteiger partial charge < -0.3 is 19.7 Å². The average Bonchev–Trinajstić information content (AvgIpc) is 3.27. The van der Waals surface area contributed by atoms with Gasteiger partial charge in [0.2, 0.25) is 0 Å². The summed E-state index contributed by atoms with van der Waals surface area (Å²) in [6.45, 7) is 6.75. The van der Waals surface area contributed by atoms with Crippen molar-refractivity contribution in [1.82, 2.24) is 10.2 Å². The molecule has 2 aromatic carbocycles. The number of likely N-dealkylation sites (tertiary alicyclic amines) is 1. The van der Waals surface area contributed by atoms with Gasteiger partial charge in [-0.1, -0.05) is 48.5 Å². The fourth-order valence-corrected chi connectivity index (χ4v) is 4.20. The zero-order valence-corrected chi connectivity index (χ0v) is 17.7. The van der Waals surface area contributed by atoms with Gasteiger partial charge >= 0.3 is 12.2 Å². The van der Waals surface area contributed by atoms with E-state index in [-0.39, 0.29) is 18.1 Å². The highest BCUT2D eigenvalue weighted by Crippen LogP contribution is 2.44. The van der Waals surface area contributed by atoms with Crippen molar-refractivity contribution in [3.05, 3.63) is 59.7 Å². The highest BCUT2D eigenvalue weighted by molar-refractivity contribution is 5.79. The number of alkyl carbamates (subject to hydrolysis) is 1. The van der Waals surface area contributed by atoms with Crippen LogP contribution in [0.25, 0.3) is 11.1 Å². The van der Waals surface area contributed by atoms with Crippen molar-refractivity contribution in [2.24, 2.45) is 0 Å². The van der Waals surface area contributed by atoms with Gasteiger partial charge in [0.05, 0.1) is 6.04 Å². The molecule has 0 unspecified atom stereocenters. The SMILES string of the molecule is CC(C)(C)OC(=O)N[C@H]1CCN(C(=O)OCC2c3ccccc3-c3ccccc32)C1. The number of carbonyl (C=O) groups excluding carboxylic acids is 2. The van der Waals surface area contributed by atoms with Crippen LogP contribution < -0.4 is 5.32 Å². The van der Waals surface area contributed by atoms with Crippen molar-refractivity contribution >= 4 is 12.2 Å². The standard InChI is InChI=1S/C24H28N2O4/c1-24(2,3)30-22(27)25-16-12-13-26(14-16)23(28)29-15-21-19-10-6-4-8-17(19)18-9-5-7-11-20(18)21/h4-11,16,21H,12-15H2,1-3H3,(H,25,27)/t16-/m0/s1. The van der Waals surface area contributed by atoms with Crippen LogP contribution >= 0.6 is 0 Å². The Balaban J connectivity index is 1.34. The quantitative estimate of drug-likeness (QED) is 0.810. The summed E-state index contributed by atoms with van der Waals surface area (Å²) >= 11 is 0. The van der Waals surface area contributed by atoms with Gasteiger partial charge in [0.15, 0.2) is 0 Å². The number of carbonyl (C=O) groups is 2. The van der Waals surface area contributed by atoms with Crippen molar-refractivity contribution in [3.63, 3.8) is 0 Å². The molecule has 6 nitrogen and oxygen atoms in total. The van der Waals surface area contributed by atoms with Gasteiger partial charge in [-0.25, -0.2) is 9.59 Å². The molecule has 1 saturated heterocycles. The summed E-state index contributed by atoms with van der Waals surface area (Å²) in [6.07, 6.45) is -0.115. The minimum atomic E-state index is -0.546. The Hall–Kier alpha value is -3.02. The average molecular weight is 408 g/mol. The molecule has 6 heteroatoms. The van der Waals surface area contributed by atoms with Crippen LogP contribution in [0, 0.1) is 0 Å². The second-order valence-electron chi connectivity index (χ2n) is 8.88. The lowest BCUT2D eigenvalue weighted by atomic mass is 9.98. The molecule has 0 radical (unpaired) electrons. The normalized spacial score (nSPS) is 18.0. The van der Waals surface area contributed by atoms with Gasteiger partial charge in [-0.3, -0.25) is 0 Å². The fraction of sp³-hybridized carbons (Fsp3) is 0.417. The van der Waals surface area contributed by atoms with E-state index in [1.54, 1.807) is 4.90 Å². The van der Waals surface area contributed by atoms with Gasteiger partial charge in [-0.05, 0) is 49.4 Å². The van der Waals surface area contributed by atoms with Crippen LogP contribution in [0.4, 0.5) is 9.59 Å². The van der Waals surface area contributed by atoms with Crippen LogP contribution in [-0.2, 0) is 9.47 Å². The molecular formula is C24H28N2O4. The molecule has 0 spiro atoms. The highest BCUT2D eigenvalue weighted by Gasteiger charge is 2.32. The van der Waals surface area contributed by atoms with Crippen LogP contribution in [0.2, 0.25) is 0 Å². The topological polar surface area (TPSA) is 67.9 Å². The summed E-state index contributed by atoms with van der Waals surface area (Å²) in [6, 6.07) is 16.4. The molecule has 1 N–H and O–H groups in total. The van der Waals surface area contributed by atoms with Crippen molar-refractivity contribution in [1.29, 1.82) is 0 Å². The number of rotatable bonds is 3. The smallest absolute Gasteiger partial charge is 0.409 e. The number of benzene rings is 2. The number of amides is 2. The molecule has 0 saturated carbocycles. The number of hydrogen-bond donors (Lipinski definition) is 1. The second kappa shape index (κ2) is 8.01. The van der Waals surface area contributed by atoms with Crippen LogP contribution in [-0.4, -0.2) is 48.4 Å². The van der Waals surface area contributed by atoms with Crippen molar-refractivity contribution in [2.75, 3.05) is 19.7 Å². The maximum Gasteiger partial charge on any atom is 0.409 e. The van der Waals surface area contributed by atoms with Gasteiger partial charge in [-0.15, -0.1) is 0 Å². The van der Waals surface area contributed by atoms with Crippen LogP contribution in [0.5, 0.6) is 0 Å². The van der Waals surface area contributed by atoms with Crippen molar-refractivity contribution < 1.29 is 19.1 Å². The number of nitrogens with one attached hydrogen (secondary N) is 1. The Morgan fingerprint density at radius 2 is 1.63 bits per heavy atom. The van der Waals surface area contributed by atoms with Crippen LogP contribution in [0.1, 0.15) is 44.2 Å². The maximum atomic E-state index is 12.6. The Morgan fingerprint density at radius 3 is 2.23 bits per heavy atom. The van der Waals surface area contributed by atoms with E-state index in [9.17, 15) is 9.59 Å². The number of fused-ring (bicyclic) bond motifs is 3. The van der Waals surface area contributed by atoms with Crippen LogP contribution in [0.15, 0.2) is 48.5 Å². The van der Waals surface area contributed by atoms with E-state index >= 15 is 0 Å². The van der Waals surface area contributed by atoms with Gasteiger partial charge in [-0.2, -0.15) is 0 Å². The monoisotopic (exact) mass is 408 g/mol. The number of nitrogens with zero attached hydrogens (tertiary/aromatic N) is 1. The van der Waals surface area contributed by atoms with Gasteiger partial charge in [0, 0.05) is 19.0 Å². The third kappa shape index (κ3) is 4.27. The largest absolute Gasteiger partial charge is 0.448 e. The third-order valence-corrected chi connectivity index (χ3v) is 5.50. The molecule has 1 aliphatic carbocycles. The summed E-state index contributed by atoms with van der Waals surface area (Å²) < 4.78 is 11.0. The minimum Gasteiger partial charge on any atom is -0.448 e. The first-order chi connectivity index (χ1) is 14.3. The Labute approximate surface area is 177 Å². The molecule has 4 rings (SSSR count). The Kier molecular flexibility index (Phi) is 5.41. The second-order valence-corrected chi connectivity index (χ2v) is 8.88. The summed E-state index contributed by atoms with van der Waals surface area (Å²) in [5, 5.41) is 2.83.